The van der Waals surface area contributed by atoms with Crippen LogP contribution < -0.4 is 10.5 Å². The first-order valence-corrected chi connectivity index (χ1v) is 9.76. The Bertz CT molecular complexity index is 563. The number of benzene rings is 1. The van der Waals surface area contributed by atoms with Gasteiger partial charge in [0.2, 0.25) is 10.0 Å². The molecule has 1 aliphatic rings. The summed E-state index contributed by atoms with van der Waals surface area (Å²) in [7, 11) is -3.36. The van der Waals surface area contributed by atoms with Crippen LogP contribution in [0.4, 0.5) is 5.69 Å². The maximum Gasteiger partial charge on any atom is 0.212 e. The van der Waals surface area contributed by atoms with Crippen LogP contribution in [0.15, 0.2) is 29.2 Å². The summed E-state index contributed by atoms with van der Waals surface area (Å²) in [6.07, 6.45) is 2.75. The highest BCUT2D eigenvalue weighted by Gasteiger charge is 2.26. The quantitative estimate of drug-likeness (QED) is 0.544. The lowest BCUT2D eigenvalue weighted by Gasteiger charge is -2.28. The van der Waals surface area contributed by atoms with Crippen molar-refractivity contribution in [1.82, 2.24) is 4.72 Å². The summed E-state index contributed by atoms with van der Waals surface area (Å²) < 4.78 is 26.7. The molecule has 1 aliphatic carbocycles. The van der Waals surface area contributed by atoms with Crippen molar-refractivity contribution < 1.29 is 13.5 Å². The molecule has 4 N–H and O–H groups in total. The van der Waals surface area contributed by atoms with Crippen LogP contribution in [0.25, 0.3) is 0 Å². The second-order valence-electron chi connectivity index (χ2n) is 5.32. The average Bonchev–Trinajstić information content (AvgIpc) is 2.41. The van der Waals surface area contributed by atoms with E-state index in [-0.39, 0.29) is 11.8 Å². The first-order valence-electron chi connectivity index (χ1n) is 7.13. The number of hydrogen-bond acceptors (Lipinski definition) is 5. The van der Waals surface area contributed by atoms with Crippen LogP contribution in [0.2, 0.25) is 0 Å². The van der Waals surface area contributed by atoms with Crippen LogP contribution in [0.1, 0.15) is 25.7 Å². The summed E-state index contributed by atoms with van der Waals surface area (Å²) in [6, 6.07) is 7.05. The second-order valence-corrected chi connectivity index (χ2v) is 8.36. The molecule has 0 amide bonds. The van der Waals surface area contributed by atoms with Crippen molar-refractivity contribution in [3.05, 3.63) is 24.3 Å². The van der Waals surface area contributed by atoms with E-state index >= 15 is 0 Å². The van der Waals surface area contributed by atoms with Crippen LogP contribution in [0, 0.1) is 0 Å². The number of nitrogens with two attached hydrogens (primary N) is 1. The molecule has 1 fully saturated rings. The Hall–Kier alpha value is -0.760. The van der Waals surface area contributed by atoms with Crippen LogP contribution in [0.3, 0.4) is 0 Å². The third-order valence-corrected chi connectivity index (χ3v) is 6.20. The minimum absolute atomic E-state index is 0.0374. The molecule has 0 aliphatic heterocycles. The lowest BCUT2D eigenvalue weighted by atomic mass is 9.93. The molecule has 2 unspecified atom stereocenters. The van der Waals surface area contributed by atoms with E-state index in [1.807, 2.05) is 18.2 Å². The van der Waals surface area contributed by atoms with E-state index in [1.165, 1.54) is 11.8 Å². The zero-order chi connectivity index (χ0) is 15.3. The van der Waals surface area contributed by atoms with Gasteiger partial charge >= 0.3 is 0 Å². The Morgan fingerprint density at radius 2 is 2.10 bits per heavy atom. The van der Waals surface area contributed by atoms with Crippen LogP contribution in [-0.2, 0) is 10.0 Å². The van der Waals surface area contributed by atoms with Crippen molar-refractivity contribution in [2.45, 2.75) is 42.7 Å². The highest BCUT2D eigenvalue weighted by atomic mass is 32.2. The third kappa shape index (κ3) is 5.50. The first kappa shape index (κ1) is 16.6. The molecule has 0 bridgehead atoms. The highest BCUT2D eigenvalue weighted by molar-refractivity contribution is 8.00. The average molecular weight is 330 g/mol. The number of aliphatic hydroxyl groups is 1. The van der Waals surface area contributed by atoms with E-state index in [9.17, 15) is 13.5 Å². The molecule has 5 nitrogen and oxygen atoms in total. The monoisotopic (exact) mass is 330 g/mol. The van der Waals surface area contributed by atoms with Gasteiger partial charge in [0.25, 0.3) is 0 Å². The van der Waals surface area contributed by atoms with Crippen molar-refractivity contribution >= 4 is 27.5 Å². The topological polar surface area (TPSA) is 92.4 Å². The van der Waals surface area contributed by atoms with E-state index in [0.29, 0.717) is 24.3 Å². The van der Waals surface area contributed by atoms with Gasteiger partial charge < -0.3 is 10.8 Å². The summed E-state index contributed by atoms with van der Waals surface area (Å²) in [5.41, 5.74) is 6.36. The Morgan fingerprint density at radius 1 is 1.33 bits per heavy atom. The molecule has 0 radical (unpaired) electrons. The van der Waals surface area contributed by atoms with Crippen LogP contribution in [-0.4, -0.2) is 37.2 Å². The van der Waals surface area contributed by atoms with Gasteiger partial charge in [-0.25, -0.2) is 13.1 Å². The number of sulfonamides is 1. The summed E-state index contributed by atoms with van der Waals surface area (Å²) in [4.78, 5) is 0.961. The molecule has 1 aromatic rings. The Kier molecular flexibility index (Phi) is 5.92. The molecular formula is C14H22N2O3S2. The van der Waals surface area contributed by atoms with Crippen LogP contribution in [0.5, 0.6) is 0 Å². The van der Waals surface area contributed by atoms with Gasteiger partial charge in [0.15, 0.2) is 0 Å². The van der Waals surface area contributed by atoms with Gasteiger partial charge in [0.05, 0.1) is 11.9 Å². The van der Waals surface area contributed by atoms with Crippen molar-refractivity contribution in [3.8, 4) is 0 Å². The van der Waals surface area contributed by atoms with Gasteiger partial charge in [-0.1, -0.05) is 18.9 Å². The summed E-state index contributed by atoms with van der Waals surface area (Å²) in [5, 5.41) is 9.82. The smallest absolute Gasteiger partial charge is 0.212 e. The zero-order valence-corrected chi connectivity index (χ0v) is 13.5. The molecule has 0 spiro atoms. The molecule has 1 saturated carbocycles. The number of thioether (sulfide) groups is 1. The zero-order valence-electron chi connectivity index (χ0n) is 11.9. The molecular weight excluding hydrogens is 308 g/mol. The van der Waals surface area contributed by atoms with Crippen molar-refractivity contribution in [2.75, 3.05) is 17.2 Å². The second kappa shape index (κ2) is 7.49. The summed E-state index contributed by atoms with van der Waals surface area (Å²) in [6.45, 7) is 0. The normalized spacial score (nSPS) is 23.1. The number of rotatable bonds is 6. The fourth-order valence-electron chi connectivity index (χ4n) is 2.41. The predicted octanol–water partition coefficient (Wildman–Crippen LogP) is 1.58. The largest absolute Gasteiger partial charge is 0.399 e. The molecule has 7 heteroatoms. The van der Waals surface area contributed by atoms with Gasteiger partial charge in [-0.05, 0) is 31.0 Å². The standard InChI is InChI=1S/C14H22N2O3S2/c15-11-4-3-5-12(10-11)20-8-9-21(18,19)16-13-6-1-2-7-14(13)17/h3-5,10,13-14,16-17H,1-2,6-9,15H2. The van der Waals surface area contributed by atoms with Gasteiger partial charge in [-0.15, -0.1) is 11.8 Å². The predicted molar refractivity (Wildman–Crippen MR) is 86.8 cm³/mol. The first-order chi connectivity index (χ1) is 9.96. The molecule has 2 atom stereocenters. The molecule has 0 saturated heterocycles. The lowest BCUT2D eigenvalue weighted by molar-refractivity contribution is 0.101. The van der Waals surface area contributed by atoms with Gasteiger partial charge in [-0.2, -0.15) is 0 Å². The Morgan fingerprint density at radius 3 is 2.81 bits per heavy atom. The van der Waals surface area contributed by atoms with Crippen molar-refractivity contribution in [1.29, 1.82) is 0 Å². The molecule has 21 heavy (non-hydrogen) atoms. The van der Waals surface area contributed by atoms with Gasteiger partial charge in [-0.3, -0.25) is 0 Å². The van der Waals surface area contributed by atoms with Gasteiger partial charge in [0, 0.05) is 22.4 Å². The Labute approximate surface area is 130 Å². The minimum Gasteiger partial charge on any atom is -0.399 e. The number of nitrogen functional groups attached to an aromatic ring is 1. The molecule has 1 aromatic carbocycles. The third-order valence-electron chi connectivity index (χ3n) is 3.54. The summed E-state index contributed by atoms with van der Waals surface area (Å²) >= 11 is 1.46. The Balaban J connectivity index is 1.81. The summed E-state index contributed by atoms with van der Waals surface area (Å²) in [5.74, 6) is 0.497. The minimum atomic E-state index is -3.36. The number of hydrogen-bond donors (Lipinski definition) is 3. The number of aliphatic hydroxyl groups excluding tert-OH is 1. The van der Waals surface area contributed by atoms with Crippen LogP contribution >= 0.6 is 11.8 Å². The van der Waals surface area contributed by atoms with E-state index in [4.69, 9.17) is 5.73 Å². The fourth-order valence-corrected chi connectivity index (χ4v) is 5.11. The van der Waals surface area contributed by atoms with E-state index < -0.39 is 16.1 Å². The van der Waals surface area contributed by atoms with Crippen molar-refractivity contribution in [3.63, 3.8) is 0 Å². The number of anilines is 1. The molecule has 118 valence electrons. The lowest BCUT2D eigenvalue weighted by Crippen LogP contribution is -2.46. The van der Waals surface area contributed by atoms with Crippen molar-refractivity contribution in [2.24, 2.45) is 0 Å². The fraction of sp³-hybridized carbons (Fsp3) is 0.571. The highest BCUT2D eigenvalue weighted by Crippen LogP contribution is 2.21. The molecule has 0 aromatic heterocycles. The van der Waals surface area contributed by atoms with Gasteiger partial charge in [0.1, 0.15) is 0 Å². The van der Waals surface area contributed by atoms with E-state index in [1.54, 1.807) is 6.07 Å². The maximum atomic E-state index is 12.0. The molecule has 2 rings (SSSR count). The molecule has 0 heterocycles. The maximum absolute atomic E-state index is 12.0. The van der Waals surface area contributed by atoms with E-state index in [2.05, 4.69) is 4.72 Å². The number of nitrogens with one attached hydrogen (secondary N) is 1. The SMILES string of the molecule is Nc1cccc(SCCS(=O)(=O)NC2CCCCC2O)c1. The van der Waals surface area contributed by atoms with E-state index in [0.717, 1.165) is 17.7 Å².